The van der Waals surface area contributed by atoms with Gasteiger partial charge in [-0.05, 0) is 81.5 Å². The van der Waals surface area contributed by atoms with Gasteiger partial charge in [0.25, 0.3) is 11.8 Å². The molecule has 2 aromatic heterocycles. The quantitative estimate of drug-likeness (QED) is 0.266. The molecule has 4 aliphatic rings. The van der Waals surface area contributed by atoms with Crippen LogP contribution in [0.2, 0.25) is 0 Å². The number of methoxy groups -OCH3 is 2. The molecule has 3 fully saturated rings. The van der Waals surface area contributed by atoms with Crippen LogP contribution in [0.3, 0.4) is 0 Å². The number of amides is 4. The van der Waals surface area contributed by atoms with Crippen molar-refractivity contribution < 1.29 is 46.2 Å². The smallest absolute Gasteiger partial charge is 0.259 e. The van der Waals surface area contributed by atoms with Crippen molar-refractivity contribution in [2.45, 2.75) is 94.2 Å². The largest absolute Gasteiger partial charge is 0.497 e. The van der Waals surface area contributed by atoms with Crippen molar-refractivity contribution in [3.05, 3.63) is 66.4 Å². The lowest BCUT2D eigenvalue weighted by atomic mass is 9.87. The van der Waals surface area contributed by atoms with Crippen LogP contribution in [0.1, 0.15) is 76.1 Å². The molecule has 58 heavy (non-hydrogen) atoms. The van der Waals surface area contributed by atoms with Crippen LogP contribution in [0, 0.1) is 23.6 Å². The van der Waals surface area contributed by atoms with E-state index in [0.717, 1.165) is 6.20 Å². The number of pyridine rings is 2. The van der Waals surface area contributed by atoms with Crippen LogP contribution in [0.25, 0.3) is 10.8 Å². The molecule has 2 aliphatic heterocycles. The van der Waals surface area contributed by atoms with E-state index in [9.17, 15) is 32.0 Å². The molecule has 0 unspecified atom stereocenters. The Morgan fingerprint density at radius 2 is 1.83 bits per heavy atom. The van der Waals surface area contributed by atoms with Gasteiger partial charge in [-0.2, -0.15) is 0 Å². The zero-order chi connectivity index (χ0) is 41.6. The molecule has 7 atom stereocenters. The maximum absolute atomic E-state index is 14.9. The van der Waals surface area contributed by atoms with Crippen LogP contribution in [-0.4, -0.2) is 96.2 Å². The Bertz CT molecular complexity index is 2270. The Kier molecular flexibility index (Phi) is 11.1. The monoisotopic (exact) mass is 820 g/mol. The van der Waals surface area contributed by atoms with Crippen LogP contribution in [0.5, 0.6) is 17.4 Å². The predicted octanol–water partition coefficient (Wildman–Crippen LogP) is 3.82. The standard InChI is InChI=1S/C41H49FN6O9S/c1-23-8-6-7-9-25-19-41(25,39(52)47-58(53,54)40(3)13-14-40)46-36(50)32-18-27(57-37-28-11-10-26(55-4)17-30(28)33(56-5)21-44-37)22-48(32)38(51)34(24(2)16-23)45-35(49)29-12-15-43-20-31(29)42/h7,9-12,15,17,20-21,23-25,27,32,34H,6,8,13-14,16,18-19,22H2,1-5H3,(H,45,49)(H,46,50)(H,47,52)/b9-7-/t23-,24-,25-,27-,32+,34+,41-/m1/s1. The van der Waals surface area contributed by atoms with Crippen molar-refractivity contribution in [2.24, 2.45) is 17.8 Å². The number of hydrogen-bond acceptors (Lipinski definition) is 11. The summed E-state index contributed by atoms with van der Waals surface area (Å²) in [5, 5.41) is 6.87. The molecule has 17 heteroatoms. The van der Waals surface area contributed by atoms with Gasteiger partial charge in [-0.3, -0.25) is 28.9 Å². The Morgan fingerprint density at radius 1 is 1.05 bits per heavy atom. The van der Waals surface area contributed by atoms with Crippen LogP contribution in [0.4, 0.5) is 4.39 Å². The molecule has 1 saturated heterocycles. The molecule has 1 aromatic carbocycles. The molecular weight excluding hydrogens is 772 g/mol. The summed E-state index contributed by atoms with van der Waals surface area (Å²) in [6, 6.07) is 4.08. The second-order valence-corrected chi connectivity index (χ2v) is 18.5. The fourth-order valence-electron chi connectivity index (χ4n) is 8.09. The Labute approximate surface area is 336 Å². The lowest BCUT2D eigenvalue weighted by molar-refractivity contribution is -0.142. The number of fused-ring (bicyclic) bond motifs is 3. The third-order valence-corrected chi connectivity index (χ3v) is 14.2. The molecule has 7 rings (SSSR count). The average molecular weight is 821 g/mol. The molecule has 15 nitrogen and oxygen atoms in total. The van der Waals surface area contributed by atoms with Crippen LogP contribution in [-0.2, 0) is 24.4 Å². The number of sulfonamides is 1. The number of carbonyl (C=O) groups is 4. The van der Waals surface area contributed by atoms with Gasteiger partial charge in [0.2, 0.25) is 27.7 Å². The van der Waals surface area contributed by atoms with Gasteiger partial charge in [-0.25, -0.2) is 17.8 Å². The summed E-state index contributed by atoms with van der Waals surface area (Å²) in [6.45, 7) is 5.31. The van der Waals surface area contributed by atoms with Crippen LogP contribution < -0.4 is 29.6 Å². The number of hydrogen-bond donors (Lipinski definition) is 3. The molecule has 0 radical (unpaired) electrons. The van der Waals surface area contributed by atoms with Gasteiger partial charge in [0, 0.05) is 29.3 Å². The highest BCUT2D eigenvalue weighted by Crippen LogP contribution is 2.48. The van der Waals surface area contributed by atoms with Crippen molar-refractivity contribution in [1.29, 1.82) is 0 Å². The van der Waals surface area contributed by atoms with E-state index in [4.69, 9.17) is 14.2 Å². The summed E-state index contributed by atoms with van der Waals surface area (Å²) in [4.78, 5) is 66.6. The lowest BCUT2D eigenvalue weighted by Crippen LogP contribution is -2.59. The lowest BCUT2D eigenvalue weighted by Gasteiger charge is -2.33. The molecular formula is C41H49FN6O9S. The van der Waals surface area contributed by atoms with Gasteiger partial charge >= 0.3 is 0 Å². The zero-order valence-corrected chi connectivity index (χ0v) is 33.9. The fraction of sp³-hybridized carbons (Fsp3) is 0.512. The van der Waals surface area contributed by atoms with Crippen LogP contribution in [0.15, 0.2) is 55.0 Å². The number of aromatic nitrogens is 2. The van der Waals surface area contributed by atoms with Crippen LogP contribution >= 0.6 is 0 Å². The topological polar surface area (TPSA) is 195 Å². The fourth-order valence-corrected chi connectivity index (χ4v) is 9.40. The minimum atomic E-state index is -4.04. The van der Waals surface area contributed by atoms with E-state index < -0.39 is 79.8 Å². The van der Waals surface area contributed by atoms with Gasteiger partial charge in [-0.1, -0.05) is 26.0 Å². The zero-order valence-electron chi connectivity index (χ0n) is 33.1. The number of benzene rings is 1. The molecule has 3 N–H and O–H groups in total. The highest BCUT2D eigenvalue weighted by Gasteiger charge is 2.63. The Morgan fingerprint density at radius 3 is 2.53 bits per heavy atom. The first-order chi connectivity index (χ1) is 27.6. The molecule has 0 bridgehead atoms. The Hall–Kier alpha value is -5.32. The normalized spacial score (nSPS) is 28.8. The first kappa shape index (κ1) is 40.9. The highest BCUT2D eigenvalue weighted by atomic mass is 32.2. The van der Waals surface area contributed by atoms with E-state index in [1.54, 1.807) is 32.2 Å². The number of allylic oxidation sites excluding steroid dienone is 1. The van der Waals surface area contributed by atoms with E-state index in [2.05, 4.69) is 25.3 Å². The van der Waals surface area contributed by atoms with Crippen molar-refractivity contribution >= 4 is 44.4 Å². The highest BCUT2D eigenvalue weighted by molar-refractivity contribution is 7.91. The van der Waals surface area contributed by atoms with Crippen molar-refractivity contribution in [3.8, 4) is 17.4 Å². The van der Waals surface area contributed by atoms with Gasteiger partial charge in [0.15, 0.2) is 5.82 Å². The number of nitrogens with zero attached hydrogens (tertiary/aromatic N) is 3. The summed E-state index contributed by atoms with van der Waals surface area (Å²) >= 11 is 0. The SMILES string of the molecule is COc1ccc2c(O[C@@H]3C[C@H]4C(=O)N[C@]5(C(=O)NS(=O)(=O)C6(C)CC6)C[C@H]5/C=C\CC[C@@H](C)C[C@@H](C)[C@H](NC(=O)c5ccncc5F)C(=O)N4C3)ncc(OC)c2c1. The van der Waals surface area contributed by atoms with E-state index >= 15 is 0 Å². The van der Waals surface area contributed by atoms with E-state index in [-0.39, 0.29) is 36.7 Å². The van der Waals surface area contributed by atoms with Crippen molar-refractivity contribution in [1.82, 2.24) is 30.2 Å². The molecule has 0 spiro atoms. The molecule has 2 saturated carbocycles. The first-order valence-corrected chi connectivity index (χ1v) is 21.0. The molecule has 4 heterocycles. The molecule has 4 amide bonds. The third kappa shape index (κ3) is 7.92. The number of rotatable bonds is 9. The Balaban J connectivity index is 1.25. The van der Waals surface area contributed by atoms with E-state index in [1.165, 1.54) is 30.5 Å². The molecule has 3 aromatic rings. The number of halogens is 1. The van der Waals surface area contributed by atoms with E-state index in [0.29, 0.717) is 54.4 Å². The minimum Gasteiger partial charge on any atom is -0.497 e. The average Bonchev–Trinajstić information content (AvgIpc) is 4.08. The molecule has 2 aliphatic carbocycles. The number of ether oxygens (including phenoxy) is 3. The second kappa shape index (κ2) is 15.8. The third-order valence-electron chi connectivity index (χ3n) is 12.1. The maximum atomic E-state index is 14.9. The first-order valence-electron chi connectivity index (χ1n) is 19.5. The summed E-state index contributed by atoms with van der Waals surface area (Å²) in [6.07, 6.45) is 9.41. The predicted molar refractivity (Wildman–Crippen MR) is 210 cm³/mol. The van der Waals surface area contributed by atoms with Gasteiger partial charge in [0.1, 0.15) is 35.2 Å². The second-order valence-electron chi connectivity index (χ2n) is 16.3. The summed E-state index contributed by atoms with van der Waals surface area (Å²) in [5.74, 6) is -3.45. The van der Waals surface area contributed by atoms with Gasteiger partial charge in [-0.15, -0.1) is 0 Å². The van der Waals surface area contributed by atoms with E-state index in [1.807, 2.05) is 26.0 Å². The van der Waals surface area contributed by atoms with Crippen molar-refractivity contribution in [3.63, 3.8) is 0 Å². The van der Waals surface area contributed by atoms with Gasteiger partial charge < -0.3 is 29.7 Å². The molecule has 310 valence electrons. The number of carbonyl (C=O) groups excluding carboxylic acids is 4. The van der Waals surface area contributed by atoms with Gasteiger partial charge in [0.05, 0.1) is 43.5 Å². The van der Waals surface area contributed by atoms with Crippen molar-refractivity contribution in [2.75, 3.05) is 20.8 Å². The summed E-state index contributed by atoms with van der Waals surface area (Å²) in [5.41, 5.74) is -1.88. The minimum absolute atomic E-state index is 0.0397. The number of nitrogens with one attached hydrogen (secondary N) is 3. The maximum Gasteiger partial charge on any atom is 0.259 e. The summed E-state index contributed by atoms with van der Waals surface area (Å²) < 4.78 is 59.8. The summed E-state index contributed by atoms with van der Waals surface area (Å²) in [7, 11) is -0.988.